The van der Waals surface area contributed by atoms with Gasteiger partial charge in [-0.25, -0.2) is 0 Å². The third-order valence-corrected chi connectivity index (χ3v) is 5.32. The van der Waals surface area contributed by atoms with Gasteiger partial charge in [0, 0.05) is 12.6 Å². The number of rotatable bonds is 3. The molecule has 2 atom stereocenters. The lowest BCUT2D eigenvalue weighted by molar-refractivity contribution is 0.243. The van der Waals surface area contributed by atoms with Crippen molar-refractivity contribution in [3.8, 4) is 0 Å². The van der Waals surface area contributed by atoms with Crippen molar-refractivity contribution < 1.29 is 0 Å². The maximum atomic E-state index is 6.55. The Balaban J connectivity index is 1.94. The molecule has 1 heterocycles. The summed E-state index contributed by atoms with van der Waals surface area (Å²) < 4.78 is 0. The number of piperidine rings is 1. The average molecular weight is 293 g/mol. The molecule has 20 heavy (non-hydrogen) atoms. The minimum atomic E-state index is 0.690. The highest BCUT2D eigenvalue weighted by molar-refractivity contribution is 6.33. The topological polar surface area (TPSA) is 29.3 Å². The van der Waals surface area contributed by atoms with Crippen molar-refractivity contribution in [2.45, 2.75) is 51.0 Å². The molecule has 0 spiro atoms. The lowest BCUT2D eigenvalue weighted by atomic mass is 9.78. The first-order chi connectivity index (χ1) is 9.81. The summed E-state index contributed by atoms with van der Waals surface area (Å²) in [4.78, 5) is 2.61. The summed E-state index contributed by atoms with van der Waals surface area (Å²) in [6.45, 7) is 1.84. The van der Waals surface area contributed by atoms with Crippen molar-refractivity contribution in [3.05, 3.63) is 28.8 Å². The fraction of sp³-hybridized carbons (Fsp3) is 0.647. The molecule has 0 radical (unpaired) electrons. The number of fused-ring (bicyclic) bond motifs is 1. The monoisotopic (exact) mass is 292 g/mol. The van der Waals surface area contributed by atoms with E-state index < -0.39 is 0 Å². The zero-order valence-corrected chi connectivity index (χ0v) is 12.9. The Labute approximate surface area is 127 Å². The number of anilines is 1. The molecule has 1 aliphatic heterocycles. The van der Waals surface area contributed by atoms with Crippen molar-refractivity contribution in [1.82, 2.24) is 0 Å². The second-order valence-electron chi connectivity index (χ2n) is 6.23. The van der Waals surface area contributed by atoms with Gasteiger partial charge < -0.3 is 10.6 Å². The quantitative estimate of drug-likeness (QED) is 0.912. The van der Waals surface area contributed by atoms with E-state index in [4.69, 9.17) is 17.3 Å². The number of benzene rings is 1. The van der Waals surface area contributed by atoms with E-state index in [-0.39, 0.29) is 0 Å². The third kappa shape index (κ3) is 2.68. The molecule has 110 valence electrons. The van der Waals surface area contributed by atoms with Crippen LogP contribution in [0.25, 0.3) is 0 Å². The summed E-state index contributed by atoms with van der Waals surface area (Å²) in [5, 5.41) is 0.905. The zero-order valence-electron chi connectivity index (χ0n) is 12.2. The van der Waals surface area contributed by atoms with Gasteiger partial charge >= 0.3 is 0 Å². The molecular weight excluding hydrogens is 268 g/mol. The molecule has 2 nitrogen and oxygen atoms in total. The maximum Gasteiger partial charge on any atom is 0.0642 e. The molecule has 1 aliphatic carbocycles. The molecule has 0 aromatic heterocycles. The van der Waals surface area contributed by atoms with Crippen molar-refractivity contribution >= 4 is 17.3 Å². The SMILES string of the molecule is NCCc1cccc(Cl)c1N1CCCC2CCCCC21. The Morgan fingerprint density at radius 2 is 1.95 bits per heavy atom. The van der Waals surface area contributed by atoms with Gasteiger partial charge in [0.1, 0.15) is 0 Å². The van der Waals surface area contributed by atoms with Gasteiger partial charge in [0.25, 0.3) is 0 Å². The summed E-state index contributed by atoms with van der Waals surface area (Å²) >= 11 is 6.55. The predicted octanol–water partition coefficient (Wildman–Crippen LogP) is 4.00. The molecule has 0 amide bonds. The van der Waals surface area contributed by atoms with Crippen LogP contribution in [0.5, 0.6) is 0 Å². The first-order valence-electron chi connectivity index (χ1n) is 8.05. The largest absolute Gasteiger partial charge is 0.367 e. The van der Waals surface area contributed by atoms with Crippen LogP contribution >= 0.6 is 11.6 Å². The molecule has 3 heteroatoms. The normalized spacial score (nSPS) is 26.4. The Morgan fingerprint density at radius 3 is 2.80 bits per heavy atom. The minimum Gasteiger partial charge on any atom is -0.367 e. The van der Waals surface area contributed by atoms with E-state index in [1.165, 1.54) is 49.8 Å². The third-order valence-electron chi connectivity index (χ3n) is 5.01. The molecule has 0 bridgehead atoms. The maximum absolute atomic E-state index is 6.55. The van der Waals surface area contributed by atoms with Crippen LogP contribution < -0.4 is 10.6 Å². The van der Waals surface area contributed by atoms with Crippen LogP contribution in [0.1, 0.15) is 44.1 Å². The van der Waals surface area contributed by atoms with Crippen molar-refractivity contribution in [1.29, 1.82) is 0 Å². The summed E-state index contributed by atoms with van der Waals surface area (Å²) in [6.07, 6.45) is 9.13. The summed E-state index contributed by atoms with van der Waals surface area (Å²) in [5.41, 5.74) is 8.38. The predicted molar refractivity (Wildman–Crippen MR) is 86.5 cm³/mol. The number of halogens is 1. The van der Waals surface area contributed by atoms with Gasteiger partial charge in [-0.05, 0) is 56.2 Å². The van der Waals surface area contributed by atoms with Gasteiger partial charge in [0.15, 0.2) is 0 Å². The van der Waals surface area contributed by atoms with E-state index in [1.807, 2.05) is 6.07 Å². The molecule has 2 fully saturated rings. The standard InChI is InChI=1S/C17H25ClN2/c18-15-8-3-6-14(10-11-19)17(15)20-12-4-7-13-5-1-2-9-16(13)20/h3,6,8,13,16H,1-2,4-5,7,9-12,19H2. The van der Waals surface area contributed by atoms with E-state index in [2.05, 4.69) is 17.0 Å². The molecule has 2 aliphatic rings. The number of para-hydroxylation sites is 1. The minimum absolute atomic E-state index is 0.690. The highest BCUT2D eigenvalue weighted by Gasteiger charge is 2.34. The second-order valence-corrected chi connectivity index (χ2v) is 6.64. The molecular formula is C17H25ClN2. The lowest BCUT2D eigenvalue weighted by Crippen LogP contribution is -2.47. The van der Waals surface area contributed by atoms with Crippen LogP contribution in [0.4, 0.5) is 5.69 Å². The average Bonchev–Trinajstić information content (AvgIpc) is 2.48. The van der Waals surface area contributed by atoms with Crippen LogP contribution in [-0.4, -0.2) is 19.1 Å². The first kappa shape index (κ1) is 14.2. The van der Waals surface area contributed by atoms with E-state index in [1.54, 1.807) is 0 Å². The summed E-state index contributed by atoms with van der Waals surface area (Å²) in [7, 11) is 0. The molecule has 1 aromatic rings. The first-order valence-corrected chi connectivity index (χ1v) is 8.43. The molecule has 3 rings (SSSR count). The number of hydrogen-bond acceptors (Lipinski definition) is 2. The lowest BCUT2D eigenvalue weighted by Gasteiger charge is -2.46. The van der Waals surface area contributed by atoms with E-state index in [9.17, 15) is 0 Å². The molecule has 1 saturated heterocycles. The van der Waals surface area contributed by atoms with Gasteiger partial charge in [-0.15, -0.1) is 0 Å². The fourth-order valence-corrected chi connectivity index (χ4v) is 4.44. The molecule has 1 aromatic carbocycles. The Hall–Kier alpha value is -0.730. The van der Waals surface area contributed by atoms with Crippen molar-refractivity contribution in [3.63, 3.8) is 0 Å². The highest BCUT2D eigenvalue weighted by Crippen LogP contribution is 2.41. The zero-order chi connectivity index (χ0) is 13.9. The summed E-state index contributed by atoms with van der Waals surface area (Å²) in [5.74, 6) is 0.875. The van der Waals surface area contributed by atoms with Gasteiger partial charge in [-0.1, -0.05) is 36.6 Å². The van der Waals surface area contributed by atoms with Crippen molar-refractivity contribution in [2.75, 3.05) is 18.0 Å². The van der Waals surface area contributed by atoms with Crippen LogP contribution in [0, 0.1) is 5.92 Å². The number of nitrogens with zero attached hydrogens (tertiary/aromatic N) is 1. The highest BCUT2D eigenvalue weighted by atomic mass is 35.5. The summed E-state index contributed by atoms with van der Waals surface area (Å²) in [6, 6.07) is 6.98. The van der Waals surface area contributed by atoms with Crippen LogP contribution in [0.3, 0.4) is 0 Å². The van der Waals surface area contributed by atoms with E-state index in [0.29, 0.717) is 12.6 Å². The van der Waals surface area contributed by atoms with Crippen LogP contribution in [0.2, 0.25) is 5.02 Å². The molecule has 1 saturated carbocycles. The Bertz CT molecular complexity index is 458. The van der Waals surface area contributed by atoms with Gasteiger partial charge in [-0.2, -0.15) is 0 Å². The second kappa shape index (κ2) is 6.36. The van der Waals surface area contributed by atoms with Gasteiger partial charge in [-0.3, -0.25) is 0 Å². The molecule has 2 unspecified atom stereocenters. The smallest absolute Gasteiger partial charge is 0.0642 e. The van der Waals surface area contributed by atoms with Gasteiger partial charge in [0.2, 0.25) is 0 Å². The molecule has 2 N–H and O–H groups in total. The van der Waals surface area contributed by atoms with Crippen LogP contribution in [-0.2, 0) is 6.42 Å². The van der Waals surface area contributed by atoms with Crippen LogP contribution in [0.15, 0.2) is 18.2 Å². The van der Waals surface area contributed by atoms with E-state index in [0.717, 1.165) is 23.9 Å². The Morgan fingerprint density at radius 1 is 1.15 bits per heavy atom. The Kier molecular flexibility index (Phi) is 4.52. The van der Waals surface area contributed by atoms with Crippen molar-refractivity contribution in [2.24, 2.45) is 11.7 Å². The number of hydrogen-bond donors (Lipinski definition) is 1. The van der Waals surface area contributed by atoms with Gasteiger partial charge in [0.05, 0.1) is 10.7 Å². The number of nitrogens with two attached hydrogens (primary N) is 1. The fourth-order valence-electron chi connectivity index (χ4n) is 4.14. The van der Waals surface area contributed by atoms with E-state index >= 15 is 0 Å².